The average Bonchev–Trinajstić information content (AvgIpc) is 3.58. The molecule has 1 heterocycles. The predicted octanol–water partition coefficient (Wildman–Crippen LogP) is 14.4. The van der Waals surface area contributed by atoms with Crippen LogP contribution in [0.25, 0.3) is 71.6 Å². The van der Waals surface area contributed by atoms with Crippen molar-refractivity contribution >= 4 is 55.3 Å². The van der Waals surface area contributed by atoms with E-state index in [0.29, 0.717) is 0 Å². The van der Waals surface area contributed by atoms with E-state index < -0.39 is 0 Å². The van der Waals surface area contributed by atoms with Crippen LogP contribution < -0.4 is 10.6 Å². The molecule has 0 radical (unpaired) electrons. The lowest BCUT2D eigenvalue weighted by Crippen LogP contribution is -1.96. The maximum atomic E-state index is 3.74. The maximum Gasteiger partial charge on any atom is 0.0541 e. The van der Waals surface area contributed by atoms with Crippen LogP contribution in [0.3, 0.4) is 0 Å². The van der Waals surface area contributed by atoms with Gasteiger partial charge in [-0.1, -0.05) is 133 Å². The van der Waals surface area contributed by atoms with E-state index in [9.17, 15) is 0 Å². The summed E-state index contributed by atoms with van der Waals surface area (Å²) < 4.78 is 2.40. The molecule has 0 aliphatic heterocycles. The number of nitrogens with zero attached hydrogens (tertiary/aromatic N) is 1. The molecular formula is C52H37N3. The zero-order valence-corrected chi connectivity index (χ0v) is 30.2. The highest BCUT2D eigenvalue weighted by Crippen LogP contribution is 2.41. The smallest absolute Gasteiger partial charge is 0.0541 e. The minimum absolute atomic E-state index is 1.05. The third-order valence-electron chi connectivity index (χ3n) is 10.5. The topological polar surface area (TPSA) is 29.0 Å². The number of anilines is 4. The number of nitrogens with one attached hydrogen (secondary N) is 2. The molecule has 2 N–H and O–H groups in total. The first-order valence-corrected chi connectivity index (χ1v) is 18.8. The van der Waals surface area contributed by atoms with Gasteiger partial charge in [-0.2, -0.15) is 0 Å². The Morgan fingerprint density at radius 2 is 0.836 bits per heavy atom. The monoisotopic (exact) mass is 703 g/mol. The molecule has 0 amide bonds. The number of fused-ring (bicyclic) bond motifs is 4. The Balaban J connectivity index is 1.13. The second kappa shape index (κ2) is 13.9. The van der Waals surface area contributed by atoms with Crippen LogP contribution >= 0.6 is 0 Å². The van der Waals surface area contributed by atoms with E-state index in [1.54, 1.807) is 0 Å². The van der Waals surface area contributed by atoms with E-state index in [4.69, 9.17) is 0 Å². The van der Waals surface area contributed by atoms with Gasteiger partial charge in [0.1, 0.15) is 0 Å². The number of hydrogen-bond acceptors (Lipinski definition) is 2. The Hall–Kier alpha value is -7.36. The molecule has 9 aromatic carbocycles. The lowest BCUT2D eigenvalue weighted by molar-refractivity contribution is 1.19. The van der Waals surface area contributed by atoms with Crippen molar-refractivity contribution in [2.24, 2.45) is 0 Å². The zero-order chi connectivity index (χ0) is 36.6. The second-order valence-corrected chi connectivity index (χ2v) is 14.0. The van der Waals surface area contributed by atoms with Gasteiger partial charge >= 0.3 is 0 Å². The summed E-state index contributed by atoms with van der Waals surface area (Å²) in [5.41, 5.74) is 14.7. The molecule has 1 aromatic heterocycles. The van der Waals surface area contributed by atoms with Crippen molar-refractivity contribution in [2.75, 3.05) is 10.6 Å². The van der Waals surface area contributed by atoms with E-state index in [2.05, 4.69) is 221 Å². The summed E-state index contributed by atoms with van der Waals surface area (Å²) in [6.45, 7) is 0. The normalized spacial score (nSPS) is 11.3. The van der Waals surface area contributed by atoms with Crippen LogP contribution in [-0.4, -0.2) is 4.57 Å². The summed E-state index contributed by atoms with van der Waals surface area (Å²) in [5, 5.41) is 12.3. The number of para-hydroxylation sites is 3. The Labute approximate surface area is 320 Å². The lowest BCUT2D eigenvalue weighted by atomic mass is 9.93. The van der Waals surface area contributed by atoms with Gasteiger partial charge in [-0.05, 0) is 112 Å². The summed E-state index contributed by atoms with van der Waals surface area (Å²) in [7, 11) is 0. The first-order valence-electron chi connectivity index (χ1n) is 18.8. The van der Waals surface area contributed by atoms with Crippen LogP contribution in [0.1, 0.15) is 0 Å². The molecular weight excluding hydrogens is 667 g/mol. The van der Waals surface area contributed by atoms with E-state index >= 15 is 0 Å². The van der Waals surface area contributed by atoms with E-state index in [1.165, 1.54) is 38.1 Å². The Morgan fingerprint density at radius 3 is 1.51 bits per heavy atom. The molecule has 0 saturated heterocycles. The van der Waals surface area contributed by atoms with Crippen molar-refractivity contribution < 1.29 is 0 Å². The Morgan fingerprint density at radius 1 is 0.309 bits per heavy atom. The van der Waals surface area contributed by atoms with Crippen LogP contribution in [0, 0.1) is 0 Å². The van der Waals surface area contributed by atoms with Crippen molar-refractivity contribution in [1.82, 2.24) is 4.57 Å². The molecule has 0 aliphatic rings. The van der Waals surface area contributed by atoms with Gasteiger partial charge in [0.25, 0.3) is 0 Å². The summed E-state index contributed by atoms with van der Waals surface area (Å²) in [6, 6.07) is 75.9. The van der Waals surface area contributed by atoms with Crippen LogP contribution in [0.15, 0.2) is 212 Å². The molecule has 0 bridgehead atoms. The fraction of sp³-hybridized carbons (Fsp3) is 0. The van der Waals surface area contributed by atoms with Gasteiger partial charge in [-0.3, -0.25) is 0 Å². The van der Waals surface area contributed by atoms with Crippen molar-refractivity contribution in [1.29, 1.82) is 0 Å². The number of hydrogen-bond donors (Lipinski definition) is 2. The van der Waals surface area contributed by atoms with E-state index in [1.807, 2.05) is 6.07 Å². The fourth-order valence-corrected chi connectivity index (χ4v) is 7.85. The summed E-state index contributed by atoms with van der Waals surface area (Å²) >= 11 is 0. The van der Waals surface area contributed by atoms with Gasteiger partial charge in [0.2, 0.25) is 0 Å². The fourth-order valence-electron chi connectivity index (χ4n) is 7.85. The molecule has 0 fully saturated rings. The molecule has 260 valence electrons. The molecule has 55 heavy (non-hydrogen) atoms. The van der Waals surface area contributed by atoms with Crippen molar-refractivity contribution in [3.8, 4) is 39.1 Å². The van der Waals surface area contributed by atoms with E-state index in [-0.39, 0.29) is 0 Å². The zero-order valence-electron chi connectivity index (χ0n) is 30.2. The van der Waals surface area contributed by atoms with Crippen LogP contribution in [0.2, 0.25) is 0 Å². The maximum absolute atomic E-state index is 3.74. The Bertz CT molecular complexity index is 2960. The minimum Gasteiger partial charge on any atom is -0.355 e. The summed E-state index contributed by atoms with van der Waals surface area (Å²) in [4.78, 5) is 0. The number of rotatable bonds is 8. The van der Waals surface area contributed by atoms with Crippen LogP contribution in [0.4, 0.5) is 22.7 Å². The van der Waals surface area contributed by atoms with Gasteiger partial charge in [0, 0.05) is 50.3 Å². The van der Waals surface area contributed by atoms with Gasteiger partial charge in [-0.25, -0.2) is 0 Å². The summed E-state index contributed by atoms with van der Waals surface area (Å²) in [6.07, 6.45) is 0. The molecule has 0 atom stereocenters. The minimum atomic E-state index is 1.05. The SMILES string of the molecule is c1ccc(Nc2ccc(-c3ccc(Nc4ccccc4)c(-c4ccc5c(c4)c4ccccc4n5-c4ccc5ccccc5c4)c3)cc2-c2ccccc2)cc1. The van der Waals surface area contributed by atoms with Gasteiger partial charge < -0.3 is 15.2 Å². The molecule has 0 saturated carbocycles. The third kappa shape index (κ3) is 6.18. The molecule has 3 heteroatoms. The molecule has 10 rings (SSSR count). The Kier molecular flexibility index (Phi) is 8.16. The van der Waals surface area contributed by atoms with Gasteiger partial charge in [0.15, 0.2) is 0 Å². The van der Waals surface area contributed by atoms with Crippen molar-refractivity contribution in [3.63, 3.8) is 0 Å². The number of aromatic nitrogens is 1. The highest BCUT2D eigenvalue weighted by Gasteiger charge is 2.16. The highest BCUT2D eigenvalue weighted by molar-refractivity contribution is 6.11. The first-order chi connectivity index (χ1) is 27.2. The van der Waals surface area contributed by atoms with Crippen LogP contribution in [0.5, 0.6) is 0 Å². The highest BCUT2D eigenvalue weighted by atomic mass is 15.0. The van der Waals surface area contributed by atoms with Crippen LogP contribution in [-0.2, 0) is 0 Å². The molecule has 0 spiro atoms. The predicted molar refractivity (Wildman–Crippen MR) is 234 cm³/mol. The average molecular weight is 704 g/mol. The second-order valence-electron chi connectivity index (χ2n) is 14.0. The van der Waals surface area contributed by atoms with Gasteiger partial charge in [-0.15, -0.1) is 0 Å². The largest absolute Gasteiger partial charge is 0.355 e. The molecule has 10 aromatic rings. The van der Waals surface area contributed by atoms with Gasteiger partial charge in [0.05, 0.1) is 11.0 Å². The lowest BCUT2D eigenvalue weighted by Gasteiger charge is -2.17. The van der Waals surface area contributed by atoms with E-state index in [0.717, 1.165) is 56.3 Å². The standard InChI is InChI=1S/C52H37N3/c1-4-15-37(16-5-1)46-33-39(25-29-49(46)53-42-18-6-2-7-19-42)40-26-30-50(54-43-20-8-3-9-21-43)47(34-40)41-27-31-52-48(35-41)45-22-12-13-23-51(45)55(52)44-28-24-36-14-10-11-17-38(36)32-44/h1-35,53-54H. The molecule has 0 unspecified atom stereocenters. The van der Waals surface area contributed by atoms with Crippen molar-refractivity contribution in [2.45, 2.75) is 0 Å². The molecule has 3 nitrogen and oxygen atoms in total. The molecule has 0 aliphatic carbocycles. The first kappa shape index (κ1) is 32.3. The number of benzene rings is 9. The summed E-state index contributed by atoms with van der Waals surface area (Å²) in [5.74, 6) is 0. The third-order valence-corrected chi connectivity index (χ3v) is 10.5. The quantitative estimate of drug-likeness (QED) is 0.165. The van der Waals surface area contributed by atoms with Crippen molar-refractivity contribution in [3.05, 3.63) is 212 Å².